The van der Waals surface area contributed by atoms with Gasteiger partial charge < -0.3 is 9.88 Å². The number of nitrogens with one attached hydrogen (secondary N) is 1. The Bertz CT molecular complexity index is 587. The van der Waals surface area contributed by atoms with Crippen LogP contribution in [0.4, 0.5) is 5.69 Å². The Morgan fingerprint density at radius 2 is 2.00 bits per heavy atom. The standard InChI is InChI=1S/C16H19BrN2O/c1-3-4-5-12-6-8-14(9-7-12)18-16(20)15-10-13(17)11-19(15)2/h6-11H,3-5H2,1-2H3,(H,18,20). The van der Waals surface area contributed by atoms with Crippen molar-refractivity contribution in [2.24, 2.45) is 7.05 Å². The first-order chi connectivity index (χ1) is 9.60. The van der Waals surface area contributed by atoms with Gasteiger partial charge in [-0.15, -0.1) is 0 Å². The monoisotopic (exact) mass is 334 g/mol. The molecule has 0 aliphatic rings. The molecule has 3 nitrogen and oxygen atoms in total. The third-order valence-electron chi connectivity index (χ3n) is 3.24. The van der Waals surface area contributed by atoms with Gasteiger partial charge in [-0.25, -0.2) is 0 Å². The largest absolute Gasteiger partial charge is 0.345 e. The molecule has 0 saturated heterocycles. The fraction of sp³-hybridized carbons (Fsp3) is 0.312. The lowest BCUT2D eigenvalue weighted by Gasteiger charge is -2.07. The second kappa shape index (κ2) is 6.75. The smallest absolute Gasteiger partial charge is 0.272 e. The van der Waals surface area contributed by atoms with Gasteiger partial charge in [-0.3, -0.25) is 4.79 Å². The summed E-state index contributed by atoms with van der Waals surface area (Å²) < 4.78 is 2.70. The highest BCUT2D eigenvalue weighted by Gasteiger charge is 2.11. The Morgan fingerprint density at radius 1 is 1.30 bits per heavy atom. The number of nitrogens with zero attached hydrogens (tertiary/aromatic N) is 1. The minimum Gasteiger partial charge on any atom is -0.345 e. The van der Waals surface area contributed by atoms with E-state index < -0.39 is 0 Å². The predicted molar refractivity (Wildman–Crippen MR) is 86.1 cm³/mol. The maximum Gasteiger partial charge on any atom is 0.272 e. The molecule has 1 heterocycles. The molecule has 20 heavy (non-hydrogen) atoms. The predicted octanol–water partition coefficient (Wildman–Crippen LogP) is 4.38. The van der Waals surface area contributed by atoms with Gasteiger partial charge in [0.05, 0.1) is 0 Å². The Kier molecular flexibility index (Phi) is 5.01. The highest BCUT2D eigenvalue weighted by Crippen LogP contribution is 2.16. The first kappa shape index (κ1) is 14.9. The third-order valence-corrected chi connectivity index (χ3v) is 3.67. The number of hydrogen-bond acceptors (Lipinski definition) is 1. The first-order valence-electron chi connectivity index (χ1n) is 6.82. The van der Waals surface area contributed by atoms with Gasteiger partial charge in [-0.1, -0.05) is 25.5 Å². The number of benzene rings is 1. The van der Waals surface area contributed by atoms with Crippen LogP contribution in [-0.4, -0.2) is 10.5 Å². The van der Waals surface area contributed by atoms with Crippen molar-refractivity contribution in [1.29, 1.82) is 0 Å². The summed E-state index contributed by atoms with van der Waals surface area (Å²) >= 11 is 3.37. The number of anilines is 1. The molecule has 0 unspecified atom stereocenters. The van der Waals surface area contributed by atoms with Crippen molar-refractivity contribution in [3.63, 3.8) is 0 Å². The highest BCUT2D eigenvalue weighted by molar-refractivity contribution is 9.10. The van der Waals surface area contributed by atoms with Crippen molar-refractivity contribution in [3.8, 4) is 0 Å². The van der Waals surface area contributed by atoms with Crippen molar-refractivity contribution >= 4 is 27.5 Å². The van der Waals surface area contributed by atoms with Crippen LogP contribution in [0.3, 0.4) is 0 Å². The van der Waals surface area contributed by atoms with Crippen LogP contribution >= 0.6 is 15.9 Å². The Morgan fingerprint density at radius 3 is 2.55 bits per heavy atom. The molecule has 2 rings (SSSR count). The number of halogens is 1. The lowest BCUT2D eigenvalue weighted by molar-refractivity contribution is 0.101. The summed E-state index contributed by atoms with van der Waals surface area (Å²) in [4.78, 5) is 12.2. The average Bonchev–Trinajstić information content (AvgIpc) is 2.77. The zero-order valence-electron chi connectivity index (χ0n) is 11.8. The molecule has 1 aromatic carbocycles. The van der Waals surface area contributed by atoms with E-state index in [-0.39, 0.29) is 5.91 Å². The molecule has 0 fully saturated rings. The number of unbranched alkanes of at least 4 members (excludes halogenated alkanes) is 1. The van der Waals surface area contributed by atoms with E-state index in [4.69, 9.17) is 0 Å². The van der Waals surface area contributed by atoms with Crippen LogP contribution in [0, 0.1) is 0 Å². The van der Waals surface area contributed by atoms with Crippen molar-refractivity contribution in [2.75, 3.05) is 5.32 Å². The second-order valence-electron chi connectivity index (χ2n) is 4.91. The molecular weight excluding hydrogens is 316 g/mol. The Balaban J connectivity index is 2.02. The number of carbonyl (C=O) groups excluding carboxylic acids is 1. The number of aryl methyl sites for hydroxylation is 2. The minimum absolute atomic E-state index is 0.0977. The number of hydrogen-bond donors (Lipinski definition) is 1. The van der Waals surface area contributed by atoms with E-state index in [2.05, 4.69) is 40.3 Å². The van der Waals surface area contributed by atoms with Crippen molar-refractivity contribution < 1.29 is 4.79 Å². The second-order valence-corrected chi connectivity index (χ2v) is 5.82. The number of rotatable bonds is 5. The summed E-state index contributed by atoms with van der Waals surface area (Å²) in [7, 11) is 1.85. The molecule has 0 aliphatic heterocycles. The highest BCUT2D eigenvalue weighted by atomic mass is 79.9. The van der Waals surface area contributed by atoms with Gasteiger partial charge in [0.25, 0.3) is 5.91 Å². The van der Waals surface area contributed by atoms with Crippen molar-refractivity contribution in [1.82, 2.24) is 4.57 Å². The zero-order valence-corrected chi connectivity index (χ0v) is 13.4. The molecule has 1 N–H and O–H groups in total. The number of aromatic nitrogens is 1. The van der Waals surface area contributed by atoms with Crippen LogP contribution in [-0.2, 0) is 13.5 Å². The van der Waals surface area contributed by atoms with Crippen LogP contribution in [0.25, 0.3) is 0 Å². The third kappa shape index (κ3) is 3.73. The van der Waals surface area contributed by atoms with Crippen LogP contribution < -0.4 is 5.32 Å². The molecule has 1 amide bonds. The van der Waals surface area contributed by atoms with Gasteiger partial charge in [0.2, 0.25) is 0 Å². The van der Waals surface area contributed by atoms with Gasteiger partial charge in [0.15, 0.2) is 0 Å². The molecule has 0 bridgehead atoms. The van der Waals surface area contributed by atoms with E-state index in [0.717, 1.165) is 16.6 Å². The lowest BCUT2D eigenvalue weighted by atomic mass is 10.1. The van der Waals surface area contributed by atoms with Gasteiger partial charge in [-0.2, -0.15) is 0 Å². The zero-order chi connectivity index (χ0) is 14.5. The fourth-order valence-electron chi connectivity index (χ4n) is 2.08. The van der Waals surface area contributed by atoms with E-state index in [0.29, 0.717) is 5.69 Å². The molecule has 4 heteroatoms. The molecule has 106 valence electrons. The van der Waals surface area contributed by atoms with Crippen LogP contribution in [0.15, 0.2) is 41.0 Å². The van der Waals surface area contributed by atoms with Crippen molar-refractivity contribution in [2.45, 2.75) is 26.2 Å². The number of carbonyl (C=O) groups is 1. The summed E-state index contributed by atoms with van der Waals surface area (Å²) in [6, 6.07) is 9.88. The molecule has 0 aliphatic carbocycles. The summed E-state index contributed by atoms with van der Waals surface area (Å²) in [6.07, 6.45) is 5.35. The normalized spacial score (nSPS) is 10.6. The molecule has 0 atom stereocenters. The summed E-state index contributed by atoms with van der Waals surface area (Å²) in [5, 5.41) is 2.92. The minimum atomic E-state index is -0.0977. The van der Waals surface area contributed by atoms with E-state index >= 15 is 0 Å². The molecule has 0 radical (unpaired) electrons. The fourth-order valence-corrected chi connectivity index (χ4v) is 2.60. The van der Waals surface area contributed by atoms with Gasteiger partial charge in [-0.05, 0) is 52.5 Å². The Hall–Kier alpha value is -1.55. The van der Waals surface area contributed by atoms with Gasteiger partial charge >= 0.3 is 0 Å². The Labute approximate surface area is 128 Å². The summed E-state index contributed by atoms with van der Waals surface area (Å²) in [5.74, 6) is -0.0977. The molecule has 0 saturated carbocycles. The van der Waals surface area contributed by atoms with Crippen LogP contribution in [0.2, 0.25) is 0 Å². The first-order valence-corrected chi connectivity index (χ1v) is 7.61. The van der Waals surface area contributed by atoms with Crippen molar-refractivity contribution in [3.05, 3.63) is 52.3 Å². The van der Waals surface area contributed by atoms with Gasteiger partial charge in [0.1, 0.15) is 5.69 Å². The van der Waals surface area contributed by atoms with E-state index in [1.165, 1.54) is 18.4 Å². The van der Waals surface area contributed by atoms with Crippen LogP contribution in [0.5, 0.6) is 0 Å². The maximum atomic E-state index is 12.2. The van der Waals surface area contributed by atoms with E-state index in [1.54, 1.807) is 4.57 Å². The molecule has 2 aromatic rings. The van der Waals surface area contributed by atoms with E-state index in [1.807, 2.05) is 31.4 Å². The average molecular weight is 335 g/mol. The topological polar surface area (TPSA) is 34.0 Å². The molecule has 0 spiro atoms. The SMILES string of the molecule is CCCCc1ccc(NC(=O)c2cc(Br)cn2C)cc1. The van der Waals surface area contributed by atoms with Crippen LogP contribution in [0.1, 0.15) is 35.8 Å². The van der Waals surface area contributed by atoms with E-state index in [9.17, 15) is 4.79 Å². The quantitative estimate of drug-likeness (QED) is 0.864. The molecular formula is C16H19BrN2O. The summed E-state index contributed by atoms with van der Waals surface area (Å²) in [5.41, 5.74) is 2.77. The number of amides is 1. The maximum absolute atomic E-state index is 12.2. The van der Waals surface area contributed by atoms with Gasteiger partial charge in [0, 0.05) is 23.4 Å². The summed E-state index contributed by atoms with van der Waals surface area (Å²) in [6.45, 7) is 2.19. The molecule has 1 aromatic heterocycles. The lowest BCUT2D eigenvalue weighted by Crippen LogP contribution is -2.15.